The van der Waals surface area contributed by atoms with E-state index in [1.54, 1.807) is 0 Å². The molecule has 0 aliphatic carbocycles. The molecule has 17 heavy (non-hydrogen) atoms. The van der Waals surface area contributed by atoms with Gasteiger partial charge in [0.2, 0.25) is 0 Å². The van der Waals surface area contributed by atoms with E-state index < -0.39 is 0 Å². The van der Waals surface area contributed by atoms with Gasteiger partial charge in [-0.05, 0) is 41.7 Å². The molecule has 0 heterocycles. The topological polar surface area (TPSA) is 0 Å². The molecule has 0 amide bonds. The van der Waals surface area contributed by atoms with E-state index in [0.717, 1.165) is 22.3 Å². The summed E-state index contributed by atoms with van der Waals surface area (Å²) in [6.07, 6.45) is 1.97. The van der Waals surface area contributed by atoms with Gasteiger partial charge in [-0.15, -0.1) is 0 Å². The first-order chi connectivity index (χ1) is 8.19. The molecule has 0 fully saturated rings. The smallest absolute Gasteiger partial charge is 0.0452 e. The average Bonchev–Trinajstić information content (AvgIpc) is 2.34. The summed E-state index contributed by atoms with van der Waals surface area (Å²) in [6.45, 7) is 2.17. The molecule has 0 nitrogen and oxygen atoms in total. The van der Waals surface area contributed by atoms with Crippen LogP contribution in [-0.2, 0) is 12.8 Å². The fourth-order valence-corrected chi connectivity index (χ4v) is 2.52. The molecular weight excluding hydrogens is 296 g/mol. The largest absolute Gasteiger partial charge is 0.0840 e. The van der Waals surface area contributed by atoms with E-state index in [0.29, 0.717) is 0 Å². The van der Waals surface area contributed by atoms with Crippen LogP contribution in [0.3, 0.4) is 0 Å². The van der Waals surface area contributed by atoms with Gasteiger partial charge in [0.25, 0.3) is 0 Å². The van der Waals surface area contributed by atoms with Gasteiger partial charge in [0.05, 0.1) is 0 Å². The Morgan fingerprint density at radius 3 is 2.24 bits per heavy atom. The third-order valence-corrected chi connectivity index (χ3v) is 3.69. The van der Waals surface area contributed by atoms with E-state index >= 15 is 0 Å². The van der Waals surface area contributed by atoms with Gasteiger partial charge in [0.15, 0.2) is 0 Å². The molecule has 0 unspecified atom stereocenters. The second-order valence-electron chi connectivity index (χ2n) is 4.08. The molecule has 0 aliphatic rings. The lowest BCUT2D eigenvalue weighted by Crippen LogP contribution is -1.90. The number of rotatable bonds is 3. The van der Waals surface area contributed by atoms with Crippen molar-refractivity contribution in [3.8, 4) is 0 Å². The minimum Gasteiger partial charge on any atom is -0.0840 e. The highest BCUT2D eigenvalue weighted by Crippen LogP contribution is 2.23. The van der Waals surface area contributed by atoms with Gasteiger partial charge < -0.3 is 0 Å². The van der Waals surface area contributed by atoms with E-state index in [1.165, 1.54) is 16.7 Å². The maximum atomic E-state index is 6.21. The highest BCUT2D eigenvalue weighted by Gasteiger charge is 2.02. The van der Waals surface area contributed by atoms with Crippen molar-refractivity contribution in [1.29, 1.82) is 0 Å². The van der Waals surface area contributed by atoms with Crippen molar-refractivity contribution in [2.45, 2.75) is 19.8 Å². The van der Waals surface area contributed by atoms with E-state index in [4.69, 9.17) is 11.6 Å². The molecule has 0 spiro atoms. The van der Waals surface area contributed by atoms with E-state index in [2.05, 4.69) is 53.2 Å². The maximum Gasteiger partial charge on any atom is 0.0452 e. The molecule has 0 aliphatic heterocycles. The molecule has 0 bridgehead atoms. The van der Waals surface area contributed by atoms with Gasteiger partial charge in [-0.3, -0.25) is 0 Å². The van der Waals surface area contributed by atoms with Crippen LogP contribution in [0.5, 0.6) is 0 Å². The number of aryl methyl sites for hydroxylation is 1. The lowest BCUT2D eigenvalue weighted by molar-refractivity contribution is 1.12. The summed E-state index contributed by atoms with van der Waals surface area (Å²) in [7, 11) is 0. The third-order valence-electron chi connectivity index (χ3n) is 2.84. The SMILES string of the molecule is CCc1ccc(Cc2ccc(Br)cc2Cl)cc1. The standard InChI is InChI=1S/C15H14BrCl/c1-2-11-3-5-12(6-4-11)9-13-7-8-14(16)10-15(13)17/h3-8,10H,2,9H2,1H3. The summed E-state index contributed by atoms with van der Waals surface area (Å²) in [5.41, 5.74) is 3.83. The minimum atomic E-state index is 0.818. The zero-order chi connectivity index (χ0) is 12.3. The molecule has 2 rings (SSSR count). The normalized spacial score (nSPS) is 10.5. The Morgan fingerprint density at radius 1 is 1.00 bits per heavy atom. The zero-order valence-corrected chi connectivity index (χ0v) is 12.1. The maximum absolute atomic E-state index is 6.21. The molecule has 0 radical (unpaired) electrons. The van der Waals surface area contributed by atoms with Crippen LogP contribution in [0.2, 0.25) is 5.02 Å². The molecule has 0 saturated carbocycles. The second-order valence-corrected chi connectivity index (χ2v) is 5.41. The Labute approximate surface area is 116 Å². The van der Waals surface area contributed by atoms with Crippen LogP contribution in [0.4, 0.5) is 0 Å². The van der Waals surface area contributed by atoms with Gasteiger partial charge in [-0.25, -0.2) is 0 Å². The first-order valence-corrected chi connectivity index (χ1v) is 6.88. The van der Waals surface area contributed by atoms with Crippen LogP contribution in [0.1, 0.15) is 23.6 Å². The molecule has 0 N–H and O–H groups in total. The van der Waals surface area contributed by atoms with E-state index in [1.807, 2.05) is 12.1 Å². The van der Waals surface area contributed by atoms with Crippen LogP contribution in [0, 0.1) is 0 Å². The molecule has 0 saturated heterocycles. The Morgan fingerprint density at radius 2 is 1.65 bits per heavy atom. The third kappa shape index (κ3) is 3.34. The fraction of sp³-hybridized carbons (Fsp3) is 0.200. The first-order valence-electron chi connectivity index (χ1n) is 5.71. The van der Waals surface area contributed by atoms with Crippen molar-refractivity contribution in [2.75, 3.05) is 0 Å². The second kappa shape index (κ2) is 5.70. The molecule has 2 aromatic carbocycles. The van der Waals surface area contributed by atoms with Crippen molar-refractivity contribution < 1.29 is 0 Å². The number of benzene rings is 2. The van der Waals surface area contributed by atoms with E-state index in [9.17, 15) is 0 Å². The van der Waals surface area contributed by atoms with Gasteiger partial charge >= 0.3 is 0 Å². The minimum absolute atomic E-state index is 0.818. The average molecular weight is 310 g/mol. The summed E-state index contributed by atoms with van der Waals surface area (Å²) in [4.78, 5) is 0. The first kappa shape index (κ1) is 12.7. The molecule has 0 aromatic heterocycles. The lowest BCUT2D eigenvalue weighted by Gasteiger charge is -2.06. The summed E-state index contributed by atoms with van der Waals surface area (Å²) in [6, 6.07) is 14.8. The lowest BCUT2D eigenvalue weighted by atomic mass is 10.0. The Kier molecular flexibility index (Phi) is 4.25. The number of hydrogen-bond acceptors (Lipinski definition) is 0. The Hall–Kier alpha value is -0.790. The van der Waals surface area contributed by atoms with E-state index in [-0.39, 0.29) is 0 Å². The van der Waals surface area contributed by atoms with Crippen LogP contribution in [0.25, 0.3) is 0 Å². The number of hydrogen-bond donors (Lipinski definition) is 0. The molecule has 2 aromatic rings. The number of halogens is 2. The fourth-order valence-electron chi connectivity index (χ4n) is 1.78. The van der Waals surface area contributed by atoms with Gasteiger partial charge in [-0.2, -0.15) is 0 Å². The Balaban J connectivity index is 2.19. The van der Waals surface area contributed by atoms with Crippen LogP contribution < -0.4 is 0 Å². The summed E-state index contributed by atoms with van der Waals surface area (Å²) < 4.78 is 1.02. The molecule has 88 valence electrons. The summed E-state index contributed by atoms with van der Waals surface area (Å²) in [5.74, 6) is 0. The molecule has 0 atom stereocenters. The van der Waals surface area contributed by atoms with Gasteiger partial charge in [-0.1, -0.05) is 64.8 Å². The van der Waals surface area contributed by atoms with Crippen molar-refractivity contribution in [3.63, 3.8) is 0 Å². The predicted octanol–water partition coefficient (Wildman–Crippen LogP) is 5.26. The van der Waals surface area contributed by atoms with Gasteiger partial charge in [0.1, 0.15) is 0 Å². The summed E-state index contributed by atoms with van der Waals surface area (Å²) >= 11 is 9.62. The van der Waals surface area contributed by atoms with Crippen molar-refractivity contribution in [1.82, 2.24) is 0 Å². The van der Waals surface area contributed by atoms with Crippen LogP contribution in [-0.4, -0.2) is 0 Å². The van der Waals surface area contributed by atoms with Crippen molar-refractivity contribution >= 4 is 27.5 Å². The molecule has 2 heteroatoms. The highest BCUT2D eigenvalue weighted by atomic mass is 79.9. The van der Waals surface area contributed by atoms with Crippen molar-refractivity contribution in [3.05, 3.63) is 68.7 Å². The van der Waals surface area contributed by atoms with Crippen LogP contribution >= 0.6 is 27.5 Å². The van der Waals surface area contributed by atoms with Crippen LogP contribution in [0.15, 0.2) is 46.9 Å². The quantitative estimate of drug-likeness (QED) is 0.726. The molecular formula is C15H14BrCl. The van der Waals surface area contributed by atoms with Gasteiger partial charge in [0, 0.05) is 9.50 Å². The highest BCUT2D eigenvalue weighted by molar-refractivity contribution is 9.10. The van der Waals surface area contributed by atoms with Crippen molar-refractivity contribution in [2.24, 2.45) is 0 Å². The predicted molar refractivity (Wildman–Crippen MR) is 77.8 cm³/mol. The summed E-state index contributed by atoms with van der Waals surface area (Å²) in [5, 5.41) is 0.818. The monoisotopic (exact) mass is 308 g/mol. The zero-order valence-electron chi connectivity index (χ0n) is 9.71. The Bertz CT molecular complexity index is 503.